The molecule has 0 amide bonds. The summed E-state index contributed by atoms with van der Waals surface area (Å²) < 4.78 is 10.2. The van der Waals surface area contributed by atoms with Crippen LogP contribution in [-0.4, -0.2) is 30.7 Å². The van der Waals surface area contributed by atoms with Gasteiger partial charge in [0.2, 0.25) is 5.75 Å². The highest BCUT2D eigenvalue weighted by Gasteiger charge is 2.19. The summed E-state index contributed by atoms with van der Waals surface area (Å²) in [4.78, 5) is 21.4. The Morgan fingerprint density at radius 3 is 2.84 bits per heavy atom. The van der Waals surface area contributed by atoms with E-state index in [-0.39, 0.29) is 24.5 Å². The van der Waals surface area contributed by atoms with Crippen LogP contribution in [0.2, 0.25) is 0 Å². The third-order valence-corrected chi connectivity index (χ3v) is 2.95. The standard InChI is InChI=1S/C11H13BrN2O5/c1-18-11(15)8(13)5-6-19-10-7(12)3-2-4-9(10)14(16)17/h2-4,8H,5-6,13H2,1H3. The van der Waals surface area contributed by atoms with E-state index in [1.54, 1.807) is 6.07 Å². The Bertz CT molecular complexity index is 480. The van der Waals surface area contributed by atoms with E-state index in [4.69, 9.17) is 10.5 Å². The van der Waals surface area contributed by atoms with Gasteiger partial charge in [-0.2, -0.15) is 0 Å². The summed E-state index contributed by atoms with van der Waals surface area (Å²) in [6, 6.07) is 3.68. The molecule has 0 aliphatic heterocycles. The topological polar surface area (TPSA) is 105 Å². The van der Waals surface area contributed by atoms with Crippen LogP contribution in [0.5, 0.6) is 5.75 Å². The Morgan fingerprint density at radius 2 is 2.26 bits per heavy atom. The fourth-order valence-corrected chi connectivity index (χ4v) is 1.81. The SMILES string of the molecule is COC(=O)C(N)CCOc1c(Br)cccc1[N+](=O)[O-]. The zero-order valence-corrected chi connectivity index (χ0v) is 11.8. The van der Waals surface area contributed by atoms with Crippen LogP contribution in [0.25, 0.3) is 0 Å². The minimum absolute atomic E-state index is 0.0692. The zero-order valence-electron chi connectivity index (χ0n) is 10.2. The quantitative estimate of drug-likeness (QED) is 0.482. The Kier molecular flexibility index (Phi) is 5.71. The average molecular weight is 333 g/mol. The first-order chi connectivity index (χ1) is 8.97. The van der Waals surface area contributed by atoms with Crippen molar-refractivity contribution in [3.8, 4) is 5.75 Å². The van der Waals surface area contributed by atoms with Crippen molar-refractivity contribution < 1.29 is 19.2 Å². The van der Waals surface area contributed by atoms with E-state index < -0.39 is 16.9 Å². The van der Waals surface area contributed by atoms with Crippen molar-refractivity contribution in [1.29, 1.82) is 0 Å². The molecule has 1 rings (SSSR count). The summed E-state index contributed by atoms with van der Waals surface area (Å²) in [5.74, 6) is -0.435. The highest BCUT2D eigenvalue weighted by molar-refractivity contribution is 9.10. The van der Waals surface area contributed by atoms with Gasteiger partial charge in [0, 0.05) is 12.5 Å². The van der Waals surface area contributed by atoms with Crippen LogP contribution in [0.15, 0.2) is 22.7 Å². The first-order valence-corrected chi connectivity index (χ1v) is 6.15. The number of nitro groups is 1. The van der Waals surface area contributed by atoms with Gasteiger partial charge in [0.1, 0.15) is 6.04 Å². The van der Waals surface area contributed by atoms with E-state index in [0.29, 0.717) is 4.47 Å². The van der Waals surface area contributed by atoms with Gasteiger partial charge in [-0.3, -0.25) is 14.9 Å². The van der Waals surface area contributed by atoms with Gasteiger partial charge in [-0.1, -0.05) is 6.07 Å². The molecule has 104 valence electrons. The van der Waals surface area contributed by atoms with Gasteiger partial charge in [-0.15, -0.1) is 0 Å². The molecule has 0 aromatic heterocycles. The van der Waals surface area contributed by atoms with Crippen molar-refractivity contribution in [1.82, 2.24) is 0 Å². The third kappa shape index (κ3) is 4.18. The number of nitro benzene ring substituents is 1. The average Bonchev–Trinajstić information content (AvgIpc) is 2.39. The molecule has 0 saturated carbocycles. The summed E-state index contributed by atoms with van der Waals surface area (Å²) in [5, 5.41) is 10.8. The van der Waals surface area contributed by atoms with Crippen molar-refractivity contribution in [2.24, 2.45) is 5.73 Å². The second kappa shape index (κ2) is 7.05. The number of hydrogen-bond acceptors (Lipinski definition) is 6. The lowest BCUT2D eigenvalue weighted by molar-refractivity contribution is -0.386. The number of methoxy groups -OCH3 is 1. The number of hydrogen-bond donors (Lipinski definition) is 1. The number of carbonyl (C=O) groups is 1. The number of benzene rings is 1. The van der Waals surface area contributed by atoms with Crippen LogP contribution in [0.1, 0.15) is 6.42 Å². The third-order valence-electron chi connectivity index (χ3n) is 2.32. The predicted molar refractivity (Wildman–Crippen MR) is 70.9 cm³/mol. The minimum Gasteiger partial charge on any atom is -0.486 e. The molecule has 1 aromatic carbocycles. The van der Waals surface area contributed by atoms with Gasteiger partial charge >= 0.3 is 11.7 Å². The van der Waals surface area contributed by atoms with E-state index >= 15 is 0 Å². The molecule has 1 unspecified atom stereocenters. The molecule has 0 aliphatic carbocycles. The molecule has 0 bridgehead atoms. The van der Waals surface area contributed by atoms with Gasteiger partial charge < -0.3 is 15.2 Å². The van der Waals surface area contributed by atoms with Gasteiger partial charge in [0.05, 0.1) is 23.1 Å². The molecule has 7 nitrogen and oxygen atoms in total. The van der Waals surface area contributed by atoms with Crippen LogP contribution in [0.3, 0.4) is 0 Å². The van der Waals surface area contributed by atoms with E-state index in [1.165, 1.54) is 19.2 Å². The van der Waals surface area contributed by atoms with Crippen molar-refractivity contribution in [2.45, 2.75) is 12.5 Å². The molecule has 1 aromatic rings. The number of esters is 1. The van der Waals surface area contributed by atoms with Crippen molar-refractivity contribution in [3.63, 3.8) is 0 Å². The molecule has 1 atom stereocenters. The molecule has 0 spiro atoms. The van der Waals surface area contributed by atoms with Crippen LogP contribution >= 0.6 is 15.9 Å². The number of rotatable bonds is 6. The molecular weight excluding hydrogens is 320 g/mol. The second-order valence-corrected chi connectivity index (χ2v) is 4.47. The Balaban J connectivity index is 2.68. The summed E-state index contributed by atoms with van der Waals surface area (Å²) >= 11 is 3.17. The Labute approximate surface area is 118 Å². The van der Waals surface area contributed by atoms with Gasteiger partial charge in [-0.25, -0.2) is 0 Å². The van der Waals surface area contributed by atoms with Crippen molar-refractivity contribution >= 4 is 27.6 Å². The smallest absolute Gasteiger partial charge is 0.322 e. The fraction of sp³-hybridized carbons (Fsp3) is 0.364. The first-order valence-electron chi connectivity index (χ1n) is 5.36. The summed E-state index contributed by atoms with van der Waals surface area (Å²) in [5.41, 5.74) is 5.38. The molecular formula is C11H13BrN2O5. The lowest BCUT2D eigenvalue weighted by Gasteiger charge is -2.11. The maximum Gasteiger partial charge on any atom is 0.322 e. The summed E-state index contributed by atoms with van der Waals surface area (Å²) in [6.07, 6.45) is 0.200. The highest BCUT2D eigenvalue weighted by atomic mass is 79.9. The first kappa shape index (κ1) is 15.4. The number of para-hydroxylation sites is 1. The summed E-state index contributed by atoms with van der Waals surface area (Å²) in [6.45, 7) is 0.0692. The van der Waals surface area contributed by atoms with Crippen LogP contribution < -0.4 is 10.5 Å². The molecule has 0 heterocycles. The monoisotopic (exact) mass is 332 g/mol. The minimum atomic E-state index is -0.813. The molecule has 8 heteroatoms. The fourth-order valence-electron chi connectivity index (χ4n) is 1.34. The Hall–Kier alpha value is -1.67. The highest BCUT2D eigenvalue weighted by Crippen LogP contribution is 2.34. The van der Waals surface area contributed by atoms with E-state index in [1.807, 2.05) is 0 Å². The van der Waals surface area contributed by atoms with Crippen LogP contribution in [0.4, 0.5) is 5.69 Å². The zero-order chi connectivity index (χ0) is 14.4. The van der Waals surface area contributed by atoms with Crippen molar-refractivity contribution in [3.05, 3.63) is 32.8 Å². The van der Waals surface area contributed by atoms with Crippen molar-refractivity contribution in [2.75, 3.05) is 13.7 Å². The lowest BCUT2D eigenvalue weighted by atomic mass is 10.2. The number of carbonyl (C=O) groups excluding carboxylic acids is 1. The van der Waals surface area contributed by atoms with Crippen LogP contribution in [-0.2, 0) is 9.53 Å². The number of nitrogens with zero attached hydrogens (tertiary/aromatic N) is 1. The van der Waals surface area contributed by atoms with Gasteiger partial charge in [0.25, 0.3) is 0 Å². The molecule has 0 fully saturated rings. The van der Waals surface area contributed by atoms with E-state index in [0.717, 1.165) is 0 Å². The molecule has 19 heavy (non-hydrogen) atoms. The number of halogens is 1. The molecule has 0 radical (unpaired) electrons. The second-order valence-electron chi connectivity index (χ2n) is 3.61. The summed E-state index contributed by atoms with van der Waals surface area (Å²) in [7, 11) is 1.24. The molecule has 2 N–H and O–H groups in total. The number of nitrogens with two attached hydrogens (primary N) is 1. The largest absolute Gasteiger partial charge is 0.486 e. The lowest BCUT2D eigenvalue weighted by Crippen LogP contribution is -2.33. The van der Waals surface area contributed by atoms with E-state index in [2.05, 4.69) is 20.7 Å². The van der Waals surface area contributed by atoms with E-state index in [9.17, 15) is 14.9 Å². The maximum atomic E-state index is 11.1. The van der Waals surface area contributed by atoms with Gasteiger partial charge in [-0.05, 0) is 22.0 Å². The predicted octanol–water partition coefficient (Wildman–Crippen LogP) is 1.63. The maximum absolute atomic E-state index is 11.1. The van der Waals surface area contributed by atoms with Gasteiger partial charge in [0.15, 0.2) is 0 Å². The molecule has 0 saturated heterocycles. The van der Waals surface area contributed by atoms with Crippen LogP contribution in [0, 0.1) is 10.1 Å². The Morgan fingerprint density at radius 1 is 1.58 bits per heavy atom. The molecule has 0 aliphatic rings. The normalized spacial score (nSPS) is 11.7. The number of ether oxygens (including phenoxy) is 2.